The van der Waals surface area contributed by atoms with Crippen LogP contribution >= 0.6 is 11.9 Å². The number of benzene rings is 1. The molecule has 1 aromatic carbocycles. The van der Waals surface area contributed by atoms with Crippen LogP contribution in [0.25, 0.3) is 11.0 Å². The predicted octanol–water partition coefficient (Wildman–Crippen LogP) is 3.84. The Hall–Kier alpha value is -2.25. The highest BCUT2D eigenvalue weighted by Crippen LogP contribution is 2.35. The lowest BCUT2D eigenvalue weighted by Crippen LogP contribution is -2.19. The molecule has 1 saturated heterocycles. The molecule has 0 aliphatic carbocycles. The standard InChI is InChI=1S/C18H22N6S/c1-12-10-20-17-16(12)18(22-11-21-17)23-14-9-13(25-19-2)5-6-15(14)24-7-3-4-8-24/h5-6,9-11,19H,3-4,7-8H2,1-2H3,(H2,20,21,22,23). The van der Waals surface area contributed by atoms with Gasteiger partial charge in [0.05, 0.1) is 16.8 Å². The second-order valence-corrected chi connectivity index (χ2v) is 7.31. The molecule has 0 amide bonds. The van der Waals surface area contributed by atoms with E-state index in [1.165, 1.54) is 23.4 Å². The Labute approximate surface area is 151 Å². The predicted molar refractivity (Wildman–Crippen MR) is 105 cm³/mol. The molecule has 0 saturated carbocycles. The summed E-state index contributed by atoms with van der Waals surface area (Å²) < 4.78 is 3.14. The molecule has 0 bridgehead atoms. The van der Waals surface area contributed by atoms with Gasteiger partial charge in [0.2, 0.25) is 0 Å². The Morgan fingerprint density at radius 1 is 1.20 bits per heavy atom. The fourth-order valence-corrected chi connectivity index (χ4v) is 3.92. The third kappa shape index (κ3) is 3.17. The van der Waals surface area contributed by atoms with E-state index in [-0.39, 0.29) is 0 Å². The van der Waals surface area contributed by atoms with Crippen molar-refractivity contribution in [3.05, 3.63) is 36.3 Å². The topological polar surface area (TPSA) is 68.9 Å². The van der Waals surface area contributed by atoms with Gasteiger partial charge < -0.3 is 15.2 Å². The van der Waals surface area contributed by atoms with Gasteiger partial charge in [0, 0.05) is 24.2 Å². The summed E-state index contributed by atoms with van der Waals surface area (Å²) in [5.74, 6) is 0.843. The van der Waals surface area contributed by atoms with E-state index < -0.39 is 0 Å². The Bertz CT molecular complexity index is 884. The van der Waals surface area contributed by atoms with Gasteiger partial charge in [-0.25, -0.2) is 9.97 Å². The van der Waals surface area contributed by atoms with Gasteiger partial charge in [-0.05, 0) is 62.5 Å². The quantitative estimate of drug-likeness (QED) is 0.605. The van der Waals surface area contributed by atoms with Crippen LogP contribution in [0.4, 0.5) is 17.2 Å². The number of aryl methyl sites for hydroxylation is 1. The Morgan fingerprint density at radius 3 is 2.84 bits per heavy atom. The molecular weight excluding hydrogens is 332 g/mol. The minimum atomic E-state index is 0.843. The summed E-state index contributed by atoms with van der Waals surface area (Å²) in [6.07, 6.45) is 6.07. The van der Waals surface area contributed by atoms with Crippen LogP contribution in [0.5, 0.6) is 0 Å². The van der Waals surface area contributed by atoms with Gasteiger partial charge in [0.1, 0.15) is 17.8 Å². The molecule has 0 unspecified atom stereocenters. The monoisotopic (exact) mass is 354 g/mol. The van der Waals surface area contributed by atoms with Crippen molar-refractivity contribution in [1.29, 1.82) is 0 Å². The van der Waals surface area contributed by atoms with Crippen LogP contribution < -0.4 is 14.9 Å². The zero-order chi connectivity index (χ0) is 17.2. The maximum absolute atomic E-state index is 4.50. The Kier molecular flexibility index (Phi) is 4.50. The molecule has 4 rings (SSSR count). The molecule has 1 aliphatic heterocycles. The van der Waals surface area contributed by atoms with Crippen LogP contribution in [0.15, 0.2) is 35.6 Å². The minimum absolute atomic E-state index is 0.843. The number of nitrogens with one attached hydrogen (secondary N) is 3. The average Bonchev–Trinajstić information content (AvgIpc) is 3.26. The molecule has 3 aromatic rings. The summed E-state index contributed by atoms with van der Waals surface area (Å²) in [6.45, 7) is 4.28. The Balaban J connectivity index is 1.76. The number of hydrogen-bond donors (Lipinski definition) is 3. The normalized spacial score (nSPS) is 14.4. The highest BCUT2D eigenvalue weighted by molar-refractivity contribution is 7.97. The molecule has 1 fully saturated rings. The summed E-state index contributed by atoms with van der Waals surface area (Å²) in [5.41, 5.74) is 4.32. The van der Waals surface area contributed by atoms with Gasteiger partial charge in [0.25, 0.3) is 0 Å². The second-order valence-electron chi connectivity index (χ2n) is 6.22. The molecular formula is C18H22N6S. The third-order valence-electron chi connectivity index (χ3n) is 4.55. The molecule has 0 atom stereocenters. The Morgan fingerprint density at radius 2 is 2.04 bits per heavy atom. The van der Waals surface area contributed by atoms with E-state index in [1.807, 2.05) is 13.2 Å². The number of anilines is 3. The van der Waals surface area contributed by atoms with Crippen LogP contribution in [0.3, 0.4) is 0 Å². The third-order valence-corrected chi connectivity index (χ3v) is 5.25. The SMILES string of the molecule is CNSc1ccc(N2CCCC2)c(Nc2ncnc3[nH]cc(C)c23)c1. The molecule has 0 radical (unpaired) electrons. The zero-order valence-electron chi connectivity index (χ0n) is 14.5. The molecule has 1 aliphatic rings. The van der Waals surface area contributed by atoms with Crippen LogP contribution in [-0.2, 0) is 0 Å². The van der Waals surface area contributed by atoms with Crippen LogP contribution in [0.1, 0.15) is 18.4 Å². The molecule has 130 valence electrons. The summed E-state index contributed by atoms with van der Waals surface area (Å²) in [5, 5.41) is 4.61. The lowest BCUT2D eigenvalue weighted by Gasteiger charge is -2.22. The number of rotatable bonds is 5. The van der Waals surface area contributed by atoms with E-state index in [1.54, 1.807) is 18.3 Å². The van der Waals surface area contributed by atoms with Crippen LogP contribution in [0.2, 0.25) is 0 Å². The summed E-state index contributed by atoms with van der Waals surface area (Å²) in [6, 6.07) is 6.55. The van der Waals surface area contributed by atoms with Crippen LogP contribution in [0, 0.1) is 6.92 Å². The number of hydrogen-bond acceptors (Lipinski definition) is 6. The molecule has 3 N–H and O–H groups in total. The van der Waals surface area contributed by atoms with Gasteiger partial charge in [-0.3, -0.25) is 4.72 Å². The molecule has 3 heterocycles. The summed E-state index contributed by atoms with van der Waals surface area (Å²) in [4.78, 5) is 15.6. The average molecular weight is 354 g/mol. The first kappa shape index (κ1) is 16.2. The van der Waals surface area contributed by atoms with Crippen molar-refractivity contribution in [3.63, 3.8) is 0 Å². The highest BCUT2D eigenvalue weighted by atomic mass is 32.2. The lowest BCUT2D eigenvalue weighted by molar-refractivity contribution is 0.949. The van der Waals surface area contributed by atoms with E-state index >= 15 is 0 Å². The van der Waals surface area contributed by atoms with E-state index in [2.05, 4.69) is 55.0 Å². The summed E-state index contributed by atoms with van der Waals surface area (Å²) >= 11 is 1.61. The van der Waals surface area contributed by atoms with E-state index in [0.717, 1.165) is 41.2 Å². The van der Waals surface area contributed by atoms with Gasteiger partial charge in [-0.15, -0.1) is 0 Å². The first-order valence-corrected chi connectivity index (χ1v) is 9.36. The smallest absolute Gasteiger partial charge is 0.143 e. The zero-order valence-corrected chi connectivity index (χ0v) is 15.3. The van der Waals surface area contributed by atoms with E-state index in [4.69, 9.17) is 0 Å². The van der Waals surface area contributed by atoms with Gasteiger partial charge in [0.15, 0.2) is 0 Å². The summed E-state index contributed by atoms with van der Waals surface area (Å²) in [7, 11) is 1.93. The molecule has 2 aromatic heterocycles. The van der Waals surface area contributed by atoms with Crippen molar-refractivity contribution in [2.75, 3.05) is 30.4 Å². The number of aromatic amines is 1. The van der Waals surface area contributed by atoms with Crippen molar-refractivity contribution in [2.24, 2.45) is 0 Å². The highest BCUT2D eigenvalue weighted by Gasteiger charge is 2.18. The van der Waals surface area contributed by atoms with Crippen LogP contribution in [-0.4, -0.2) is 35.1 Å². The first-order chi connectivity index (χ1) is 12.3. The van der Waals surface area contributed by atoms with Crippen molar-refractivity contribution < 1.29 is 0 Å². The maximum Gasteiger partial charge on any atom is 0.143 e. The fourth-order valence-electron chi connectivity index (χ4n) is 3.37. The molecule has 7 heteroatoms. The van der Waals surface area contributed by atoms with Crippen molar-refractivity contribution in [2.45, 2.75) is 24.7 Å². The maximum atomic E-state index is 4.50. The first-order valence-electron chi connectivity index (χ1n) is 8.54. The lowest BCUT2D eigenvalue weighted by atomic mass is 10.2. The van der Waals surface area contributed by atoms with Gasteiger partial charge in [-0.2, -0.15) is 0 Å². The van der Waals surface area contributed by atoms with E-state index in [0.29, 0.717) is 0 Å². The van der Waals surface area contributed by atoms with Crippen molar-refractivity contribution >= 4 is 40.2 Å². The van der Waals surface area contributed by atoms with Gasteiger partial charge >= 0.3 is 0 Å². The largest absolute Gasteiger partial charge is 0.370 e. The number of fused-ring (bicyclic) bond motifs is 1. The second kappa shape index (κ2) is 6.93. The molecule has 0 spiro atoms. The number of aromatic nitrogens is 3. The van der Waals surface area contributed by atoms with Crippen molar-refractivity contribution in [1.82, 2.24) is 19.7 Å². The van der Waals surface area contributed by atoms with Crippen molar-refractivity contribution in [3.8, 4) is 0 Å². The number of nitrogens with zero attached hydrogens (tertiary/aromatic N) is 3. The molecule has 6 nitrogen and oxygen atoms in total. The minimum Gasteiger partial charge on any atom is -0.370 e. The number of H-pyrrole nitrogens is 1. The van der Waals surface area contributed by atoms with E-state index in [9.17, 15) is 0 Å². The van der Waals surface area contributed by atoms with Gasteiger partial charge in [-0.1, -0.05) is 0 Å². The molecule has 25 heavy (non-hydrogen) atoms. The fraction of sp³-hybridized carbons (Fsp3) is 0.333.